The van der Waals surface area contributed by atoms with Crippen LogP contribution in [-0.2, 0) is 0 Å². The van der Waals surface area contributed by atoms with Crippen LogP contribution in [-0.4, -0.2) is 10.9 Å². The smallest absolute Gasteiger partial charge is 0.261 e. The Morgan fingerprint density at radius 2 is 1.95 bits per heavy atom. The van der Waals surface area contributed by atoms with Crippen LogP contribution in [0.1, 0.15) is 21.6 Å². The minimum atomic E-state index is -0.424. The van der Waals surface area contributed by atoms with Gasteiger partial charge in [-0.2, -0.15) is 0 Å². The van der Waals surface area contributed by atoms with Crippen molar-refractivity contribution >= 4 is 27.5 Å². The van der Waals surface area contributed by atoms with Gasteiger partial charge in [0.25, 0.3) is 11.5 Å². The lowest BCUT2D eigenvalue weighted by Gasteiger charge is -2.08. The summed E-state index contributed by atoms with van der Waals surface area (Å²) in [6.45, 7) is 3.69. The van der Waals surface area contributed by atoms with E-state index in [-0.39, 0.29) is 11.1 Å². The Morgan fingerprint density at radius 1 is 1.21 bits per heavy atom. The van der Waals surface area contributed by atoms with Gasteiger partial charge in [0.15, 0.2) is 0 Å². The number of hydrogen-bond acceptors (Lipinski definition) is 2. The molecule has 4 nitrogen and oxygen atoms in total. The van der Waals surface area contributed by atoms with Crippen LogP contribution in [0.4, 0.5) is 5.69 Å². The summed E-state index contributed by atoms with van der Waals surface area (Å²) < 4.78 is 0.812. The average Bonchev–Trinajstić information content (AvgIpc) is 2.34. The molecule has 0 radical (unpaired) electrons. The highest BCUT2D eigenvalue weighted by Gasteiger charge is 2.12. The molecule has 0 aliphatic heterocycles. The molecule has 0 bridgehead atoms. The zero-order chi connectivity index (χ0) is 14.0. The van der Waals surface area contributed by atoms with E-state index in [1.54, 1.807) is 19.1 Å². The van der Waals surface area contributed by atoms with Crippen LogP contribution in [0.2, 0.25) is 0 Å². The average molecular weight is 321 g/mol. The fourth-order valence-corrected chi connectivity index (χ4v) is 2.05. The molecule has 0 saturated carbocycles. The first kappa shape index (κ1) is 13.5. The fraction of sp³-hybridized carbons (Fsp3) is 0.143. The molecule has 0 saturated heterocycles. The van der Waals surface area contributed by atoms with E-state index in [0.717, 1.165) is 15.7 Å². The predicted molar refractivity (Wildman–Crippen MR) is 78.6 cm³/mol. The Kier molecular flexibility index (Phi) is 3.85. The van der Waals surface area contributed by atoms with Gasteiger partial charge >= 0.3 is 0 Å². The van der Waals surface area contributed by atoms with E-state index in [1.807, 2.05) is 19.1 Å². The Morgan fingerprint density at radius 3 is 2.63 bits per heavy atom. The third kappa shape index (κ3) is 2.93. The number of rotatable bonds is 2. The summed E-state index contributed by atoms with van der Waals surface area (Å²) in [4.78, 5) is 26.4. The molecule has 5 heteroatoms. The second-order valence-electron chi connectivity index (χ2n) is 4.27. The van der Waals surface area contributed by atoms with Crippen LogP contribution in [0.3, 0.4) is 0 Å². The van der Waals surface area contributed by atoms with E-state index in [2.05, 4.69) is 26.2 Å². The number of aromatic nitrogens is 1. The molecule has 0 unspecified atom stereocenters. The number of amides is 1. The molecule has 1 amide bonds. The molecular weight excluding hydrogens is 308 g/mol. The van der Waals surface area contributed by atoms with E-state index < -0.39 is 5.91 Å². The lowest BCUT2D eigenvalue weighted by atomic mass is 10.2. The van der Waals surface area contributed by atoms with Gasteiger partial charge in [-0.3, -0.25) is 9.59 Å². The molecule has 2 rings (SSSR count). The summed E-state index contributed by atoms with van der Waals surface area (Å²) in [5.74, 6) is -0.424. The highest BCUT2D eigenvalue weighted by molar-refractivity contribution is 9.10. The van der Waals surface area contributed by atoms with Crippen LogP contribution in [0.25, 0.3) is 0 Å². The highest BCUT2D eigenvalue weighted by Crippen LogP contribution is 2.25. The molecule has 19 heavy (non-hydrogen) atoms. The maximum Gasteiger partial charge on any atom is 0.261 e. The molecule has 1 heterocycles. The maximum absolute atomic E-state index is 12.1. The molecule has 0 fully saturated rings. The van der Waals surface area contributed by atoms with Crippen molar-refractivity contribution in [2.75, 3.05) is 5.32 Å². The summed E-state index contributed by atoms with van der Waals surface area (Å²) in [6.07, 6.45) is 0. The topological polar surface area (TPSA) is 62.0 Å². The molecule has 0 spiro atoms. The van der Waals surface area contributed by atoms with Gasteiger partial charge in [-0.15, -0.1) is 0 Å². The van der Waals surface area contributed by atoms with Gasteiger partial charge in [0.05, 0.1) is 5.69 Å². The van der Waals surface area contributed by atoms with Gasteiger partial charge in [0.2, 0.25) is 0 Å². The van der Waals surface area contributed by atoms with Crippen LogP contribution < -0.4 is 10.9 Å². The molecular formula is C14H13BrN2O2. The van der Waals surface area contributed by atoms with Crippen molar-refractivity contribution in [3.05, 3.63) is 62.0 Å². The van der Waals surface area contributed by atoms with Gasteiger partial charge in [0, 0.05) is 10.2 Å². The number of carbonyl (C=O) groups excluding carboxylic acids is 1. The lowest BCUT2D eigenvalue weighted by molar-refractivity contribution is 0.102. The molecule has 1 aromatic heterocycles. The summed E-state index contributed by atoms with van der Waals surface area (Å²) in [6, 6.07) is 8.76. The Labute approximate surface area is 119 Å². The number of hydrogen-bond donors (Lipinski definition) is 2. The second kappa shape index (κ2) is 5.40. The molecule has 1 aromatic carbocycles. The summed E-state index contributed by atoms with van der Waals surface area (Å²) in [5.41, 5.74) is 2.08. The van der Waals surface area contributed by atoms with E-state index in [9.17, 15) is 9.59 Å². The van der Waals surface area contributed by atoms with E-state index >= 15 is 0 Å². The Balaban J connectivity index is 2.31. The maximum atomic E-state index is 12.1. The van der Waals surface area contributed by atoms with Crippen molar-refractivity contribution in [3.63, 3.8) is 0 Å². The highest BCUT2D eigenvalue weighted by atomic mass is 79.9. The van der Waals surface area contributed by atoms with Crippen molar-refractivity contribution in [1.82, 2.24) is 4.98 Å². The minimum absolute atomic E-state index is 0.0963. The van der Waals surface area contributed by atoms with Crippen LogP contribution >= 0.6 is 15.9 Å². The number of anilines is 1. The predicted octanol–water partition coefficient (Wildman–Crippen LogP) is 3.01. The first-order valence-corrected chi connectivity index (χ1v) is 6.54. The SMILES string of the molecule is Cc1ccc(C(=O)Nc2cccc(C)c2Br)c(=O)[nH]1. The summed E-state index contributed by atoms with van der Waals surface area (Å²) >= 11 is 3.41. The first-order chi connectivity index (χ1) is 8.99. The van der Waals surface area contributed by atoms with Crippen molar-refractivity contribution in [2.24, 2.45) is 0 Å². The van der Waals surface area contributed by atoms with Gasteiger partial charge < -0.3 is 10.3 Å². The summed E-state index contributed by atoms with van der Waals surface area (Å²) in [5, 5.41) is 2.72. The van der Waals surface area contributed by atoms with Crippen molar-refractivity contribution in [3.8, 4) is 0 Å². The van der Waals surface area contributed by atoms with Gasteiger partial charge in [-0.05, 0) is 53.5 Å². The van der Waals surface area contributed by atoms with E-state index in [1.165, 1.54) is 6.07 Å². The van der Waals surface area contributed by atoms with Crippen LogP contribution in [0.5, 0.6) is 0 Å². The van der Waals surface area contributed by atoms with E-state index in [0.29, 0.717) is 5.69 Å². The van der Waals surface area contributed by atoms with Gasteiger partial charge in [-0.1, -0.05) is 12.1 Å². The number of pyridine rings is 1. The molecule has 0 aliphatic rings. The van der Waals surface area contributed by atoms with Crippen LogP contribution in [0.15, 0.2) is 39.6 Å². The number of benzene rings is 1. The monoisotopic (exact) mass is 320 g/mol. The van der Waals surface area contributed by atoms with Crippen molar-refractivity contribution in [1.29, 1.82) is 0 Å². The van der Waals surface area contributed by atoms with E-state index in [4.69, 9.17) is 0 Å². The zero-order valence-electron chi connectivity index (χ0n) is 10.6. The first-order valence-electron chi connectivity index (χ1n) is 5.75. The minimum Gasteiger partial charge on any atom is -0.326 e. The largest absolute Gasteiger partial charge is 0.326 e. The van der Waals surface area contributed by atoms with Gasteiger partial charge in [-0.25, -0.2) is 0 Å². The normalized spacial score (nSPS) is 10.3. The van der Waals surface area contributed by atoms with Crippen LogP contribution in [0, 0.1) is 13.8 Å². The third-order valence-electron chi connectivity index (χ3n) is 2.74. The molecule has 2 N–H and O–H groups in total. The Hall–Kier alpha value is -1.88. The molecule has 98 valence electrons. The number of halogens is 1. The molecule has 2 aromatic rings. The molecule has 0 aliphatic carbocycles. The van der Waals surface area contributed by atoms with Gasteiger partial charge in [0.1, 0.15) is 5.56 Å². The number of nitrogens with one attached hydrogen (secondary N) is 2. The third-order valence-corrected chi connectivity index (χ3v) is 3.79. The number of aryl methyl sites for hydroxylation is 2. The Bertz CT molecular complexity index is 692. The number of aromatic amines is 1. The van der Waals surface area contributed by atoms with Crippen molar-refractivity contribution < 1.29 is 4.79 Å². The second-order valence-corrected chi connectivity index (χ2v) is 5.07. The number of carbonyl (C=O) groups is 1. The molecule has 0 atom stereocenters. The standard InChI is InChI=1S/C14H13BrN2O2/c1-8-4-3-5-11(12(8)15)17-14(19)10-7-6-9(2)16-13(10)18/h3-7H,1-2H3,(H,16,18)(H,17,19). The fourth-order valence-electron chi connectivity index (χ4n) is 1.68. The quantitative estimate of drug-likeness (QED) is 0.893. The number of H-pyrrole nitrogens is 1. The lowest BCUT2D eigenvalue weighted by Crippen LogP contribution is -2.23. The summed E-state index contributed by atoms with van der Waals surface area (Å²) in [7, 11) is 0. The zero-order valence-corrected chi connectivity index (χ0v) is 12.2. The van der Waals surface area contributed by atoms with Crippen molar-refractivity contribution in [2.45, 2.75) is 13.8 Å².